The number of allylic oxidation sites excluding steroid dienone is 1. The largest absolute Gasteiger partial charge is 0.355 e. The second kappa shape index (κ2) is 7.51. The summed E-state index contributed by atoms with van der Waals surface area (Å²) in [5, 5.41) is 1.51. The van der Waals surface area contributed by atoms with Crippen molar-refractivity contribution in [3.63, 3.8) is 0 Å². The van der Waals surface area contributed by atoms with Crippen LogP contribution in [0.15, 0.2) is 40.3 Å². The Morgan fingerprint density at radius 2 is 2.03 bits per heavy atom. The monoisotopic (exact) mass is 425 g/mol. The second-order valence-electron chi connectivity index (χ2n) is 7.28. The van der Waals surface area contributed by atoms with Gasteiger partial charge in [0.05, 0.1) is 16.3 Å². The molecular weight excluding hydrogens is 406 g/mol. The Hall–Kier alpha value is -2.29. The predicted octanol–water partition coefficient (Wildman–Crippen LogP) is 3.28. The molecule has 1 aliphatic heterocycles. The molecule has 4 heterocycles. The molecule has 2 aliphatic rings. The number of pyridine rings is 1. The van der Waals surface area contributed by atoms with Crippen molar-refractivity contribution in [3.8, 4) is 0 Å². The normalized spacial score (nSPS) is 16.4. The molecule has 1 fully saturated rings. The molecular formula is C20H20ClN7S. The number of hydrogen-bond donors (Lipinski definition) is 1. The van der Waals surface area contributed by atoms with Crippen LogP contribution in [0.2, 0.25) is 0 Å². The van der Waals surface area contributed by atoms with Crippen LogP contribution in [-0.2, 0) is 6.42 Å². The van der Waals surface area contributed by atoms with Crippen molar-refractivity contribution in [3.05, 3.63) is 41.5 Å². The summed E-state index contributed by atoms with van der Waals surface area (Å²) in [6, 6.07) is 1.97. The summed E-state index contributed by atoms with van der Waals surface area (Å²) in [7, 11) is 0. The number of nitrogens with zero attached hydrogens (tertiary/aromatic N) is 6. The Labute approximate surface area is 177 Å². The smallest absolute Gasteiger partial charge is 0.194 e. The van der Waals surface area contributed by atoms with E-state index < -0.39 is 0 Å². The van der Waals surface area contributed by atoms with Crippen molar-refractivity contribution in [2.45, 2.75) is 29.8 Å². The molecule has 0 unspecified atom stereocenters. The summed E-state index contributed by atoms with van der Waals surface area (Å²) < 4.78 is 0. The van der Waals surface area contributed by atoms with Crippen molar-refractivity contribution in [2.24, 2.45) is 11.7 Å². The first-order chi connectivity index (χ1) is 14.2. The van der Waals surface area contributed by atoms with Crippen LogP contribution in [0.4, 0.5) is 5.82 Å². The van der Waals surface area contributed by atoms with Gasteiger partial charge in [-0.25, -0.2) is 19.9 Å². The minimum atomic E-state index is 0.509. The van der Waals surface area contributed by atoms with Crippen LogP contribution in [-0.4, -0.2) is 44.6 Å². The maximum Gasteiger partial charge on any atom is 0.194 e. The summed E-state index contributed by atoms with van der Waals surface area (Å²) in [4.78, 5) is 25.8. The molecule has 7 nitrogen and oxygen atoms in total. The molecule has 0 amide bonds. The van der Waals surface area contributed by atoms with Gasteiger partial charge in [-0.3, -0.25) is 4.98 Å². The van der Waals surface area contributed by atoms with Crippen LogP contribution >= 0.6 is 23.4 Å². The quantitative estimate of drug-likeness (QED) is 0.622. The van der Waals surface area contributed by atoms with Gasteiger partial charge in [-0.15, -0.1) is 0 Å². The molecule has 1 saturated heterocycles. The number of aromatic nitrogens is 5. The summed E-state index contributed by atoms with van der Waals surface area (Å²) in [5.41, 5.74) is 10.4. The van der Waals surface area contributed by atoms with Gasteiger partial charge in [-0.1, -0.05) is 18.5 Å². The fourth-order valence-electron chi connectivity index (χ4n) is 3.73. The Bertz CT molecular complexity index is 1130. The topological polar surface area (TPSA) is 93.7 Å². The zero-order valence-corrected chi connectivity index (χ0v) is 17.5. The van der Waals surface area contributed by atoms with E-state index in [0.717, 1.165) is 58.5 Å². The lowest BCUT2D eigenvalue weighted by Crippen LogP contribution is -2.50. The van der Waals surface area contributed by atoms with Gasteiger partial charge >= 0.3 is 0 Å². The average Bonchev–Trinajstić information content (AvgIpc) is 3.03. The van der Waals surface area contributed by atoms with E-state index in [1.165, 1.54) is 17.3 Å². The predicted molar refractivity (Wildman–Crippen MR) is 115 cm³/mol. The number of halogens is 1. The second-order valence-corrected chi connectivity index (χ2v) is 8.70. The fourth-order valence-corrected chi connectivity index (χ4v) is 4.90. The molecule has 0 radical (unpaired) electrons. The summed E-state index contributed by atoms with van der Waals surface area (Å²) in [5.74, 6) is 1.43. The third-order valence-electron chi connectivity index (χ3n) is 5.38. The number of rotatable bonds is 5. The van der Waals surface area contributed by atoms with Gasteiger partial charge in [0.15, 0.2) is 10.8 Å². The zero-order chi connectivity index (χ0) is 20.0. The highest BCUT2D eigenvalue weighted by molar-refractivity contribution is 7.99. The molecule has 148 valence electrons. The molecule has 0 atom stereocenters. The van der Waals surface area contributed by atoms with Crippen molar-refractivity contribution in [1.29, 1.82) is 0 Å². The molecule has 0 bridgehead atoms. The molecule has 29 heavy (non-hydrogen) atoms. The minimum Gasteiger partial charge on any atom is -0.355 e. The SMILES string of the molecule is CCC1=C(Cl)c2c(nc(Sc3cnc4nccnc4c3)nc2N2CC(CN)C2)C1. The zero-order valence-electron chi connectivity index (χ0n) is 16.0. The van der Waals surface area contributed by atoms with Crippen LogP contribution in [0.3, 0.4) is 0 Å². The van der Waals surface area contributed by atoms with Gasteiger partial charge in [0.2, 0.25) is 0 Å². The van der Waals surface area contributed by atoms with Gasteiger partial charge < -0.3 is 10.6 Å². The van der Waals surface area contributed by atoms with E-state index >= 15 is 0 Å². The number of hydrogen-bond acceptors (Lipinski definition) is 8. The molecule has 9 heteroatoms. The van der Waals surface area contributed by atoms with Crippen molar-refractivity contribution < 1.29 is 0 Å². The van der Waals surface area contributed by atoms with E-state index in [0.29, 0.717) is 23.3 Å². The maximum absolute atomic E-state index is 6.70. The highest BCUT2D eigenvalue weighted by Crippen LogP contribution is 2.43. The van der Waals surface area contributed by atoms with Gasteiger partial charge in [0.1, 0.15) is 11.3 Å². The molecule has 0 saturated carbocycles. The number of nitrogens with two attached hydrogens (primary N) is 1. The van der Waals surface area contributed by atoms with Crippen LogP contribution in [0, 0.1) is 5.92 Å². The average molecular weight is 426 g/mol. The Kier molecular flexibility index (Phi) is 4.85. The van der Waals surface area contributed by atoms with E-state index in [1.807, 2.05) is 6.07 Å². The molecule has 3 aromatic rings. The fraction of sp³-hybridized carbons (Fsp3) is 0.350. The van der Waals surface area contributed by atoms with Crippen LogP contribution < -0.4 is 10.6 Å². The van der Waals surface area contributed by atoms with E-state index in [-0.39, 0.29) is 0 Å². The van der Waals surface area contributed by atoms with Gasteiger partial charge in [-0.2, -0.15) is 0 Å². The summed E-state index contributed by atoms with van der Waals surface area (Å²) >= 11 is 8.19. The van der Waals surface area contributed by atoms with Crippen molar-refractivity contribution >= 4 is 45.4 Å². The van der Waals surface area contributed by atoms with Gasteiger partial charge in [0.25, 0.3) is 0 Å². The lowest BCUT2D eigenvalue weighted by Gasteiger charge is -2.40. The van der Waals surface area contributed by atoms with E-state index in [4.69, 9.17) is 27.3 Å². The standard InChI is InChI=1S/C20H20ClN7S/c1-2-12-5-14-16(17(12)21)19(28-9-11(7-22)10-28)27-20(26-14)29-13-6-15-18(25-8-13)24-4-3-23-15/h3-4,6,8,11H,2,5,7,9-10,22H2,1H3. The van der Waals surface area contributed by atoms with E-state index in [2.05, 4.69) is 26.8 Å². The van der Waals surface area contributed by atoms with Crippen molar-refractivity contribution in [1.82, 2.24) is 24.9 Å². The first-order valence-corrected chi connectivity index (χ1v) is 10.8. The molecule has 5 rings (SSSR count). The van der Waals surface area contributed by atoms with Gasteiger partial charge in [-0.05, 0) is 36.4 Å². The molecule has 0 aromatic carbocycles. The Morgan fingerprint density at radius 1 is 1.21 bits per heavy atom. The van der Waals surface area contributed by atoms with Crippen LogP contribution in [0.25, 0.3) is 16.2 Å². The Morgan fingerprint density at radius 3 is 2.83 bits per heavy atom. The van der Waals surface area contributed by atoms with E-state index in [9.17, 15) is 0 Å². The third kappa shape index (κ3) is 3.35. The number of anilines is 1. The first kappa shape index (κ1) is 18.7. The minimum absolute atomic E-state index is 0.509. The molecule has 3 aromatic heterocycles. The summed E-state index contributed by atoms with van der Waals surface area (Å²) in [6.07, 6.45) is 6.79. The third-order valence-corrected chi connectivity index (χ3v) is 6.66. The highest BCUT2D eigenvalue weighted by Gasteiger charge is 2.33. The molecule has 1 aliphatic carbocycles. The summed E-state index contributed by atoms with van der Waals surface area (Å²) in [6.45, 7) is 4.63. The maximum atomic E-state index is 6.70. The Balaban J connectivity index is 1.51. The molecule has 2 N–H and O–H groups in total. The number of fused-ring (bicyclic) bond motifs is 2. The first-order valence-electron chi connectivity index (χ1n) is 9.64. The van der Waals surface area contributed by atoms with Crippen LogP contribution in [0.1, 0.15) is 24.6 Å². The highest BCUT2D eigenvalue weighted by atomic mass is 35.5. The lowest BCUT2D eigenvalue weighted by molar-refractivity contribution is 0.415. The van der Waals surface area contributed by atoms with Gasteiger partial charge in [0, 0.05) is 48.9 Å². The van der Waals surface area contributed by atoms with Crippen LogP contribution in [0.5, 0.6) is 0 Å². The molecule has 0 spiro atoms. The van der Waals surface area contributed by atoms with E-state index in [1.54, 1.807) is 18.6 Å². The van der Waals surface area contributed by atoms with Crippen molar-refractivity contribution in [2.75, 3.05) is 24.5 Å². The lowest BCUT2D eigenvalue weighted by atomic mass is 10.00.